The van der Waals surface area contributed by atoms with Crippen molar-refractivity contribution in [3.05, 3.63) is 34.3 Å². The van der Waals surface area contributed by atoms with Gasteiger partial charge in [-0.2, -0.15) is 0 Å². The molecule has 1 saturated carbocycles. The molecule has 0 unspecified atom stereocenters. The molecule has 0 N–H and O–H groups in total. The van der Waals surface area contributed by atoms with Crippen LogP contribution in [0.1, 0.15) is 10.4 Å². The summed E-state index contributed by atoms with van der Waals surface area (Å²) in [5.41, 5.74) is 0.659. The van der Waals surface area contributed by atoms with Crippen molar-refractivity contribution in [2.75, 3.05) is 6.61 Å². The van der Waals surface area contributed by atoms with Gasteiger partial charge in [0.15, 0.2) is 11.6 Å². The Morgan fingerprint density at radius 1 is 1.26 bits per heavy atom. The number of fused-ring (bicyclic) bond motifs is 4. The van der Waals surface area contributed by atoms with Gasteiger partial charge in [0.1, 0.15) is 0 Å². The number of hydrogen-bond donors (Lipinski definition) is 0. The van der Waals surface area contributed by atoms with E-state index in [2.05, 4.69) is 15.9 Å². The van der Waals surface area contributed by atoms with Crippen molar-refractivity contribution in [2.45, 2.75) is 12.4 Å². The van der Waals surface area contributed by atoms with Gasteiger partial charge in [0, 0.05) is 27.8 Å². The molecule has 1 aromatic carbocycles. The predicted molar refractivity (Wildman–Crippen MR) is 68.6 cm³/mol. The molecule has 2 bridgehead atoms. The number of ether oxygens (including phenoxy) is 2. The molecule has 2 heterocycles. The molecule has 0 aromatic heterocycles. The average Bonchev–Trinajstić information content (AvgIpc) is 3.02. The smallest absolute Gasteiger partial charge is 0.218 e. The van der Waals surface area contributed by atoms with Crippen LogP contribution in [0, 0.1) is 17.8 Å². The van der Waals surface area contributed by atoms with Gasteiger partial charge in [-0.15, -0.1) is 0 Å². The third-order valence-electron chi connectivity index (χ3n) is 4.21. The summed E-state index contributed by atoms with van der Waals surface area (Å²) in [5.74, 6) is -0.404. The minimum atomic E-state index is -0.728. The summed E-state index contributed by atoms with van der Waals surface area (Å²) in [5, 5.41) is 0. The van der Waals surface area contributed by atoms with Gasteiger partial charge in [0.25, 0.3) is 0 Å². The second-order valence-electron chi connectivity index (χ2n) is 5.24. The highest BCUT2D eigenvalue weighted by atomic mass is 79.9. The molecule has 19 heavy (non-hydrogen) atoms. The number of benzene rings is 1. The van der Waals surface area contributed by atoms with Crippen molar-refractivity contribution in [2.24, 2.45) is 17.8 Å². The lowest BCUT2D eigenvalue weighted by Gasteiger charge is -2.14. The molecule has 0 spiro atoms. The van der Waals surface area contributed by atoms with Gasteiger partial charge in [-0.1, -0.05) is 28.1 Å². The van der Waals surface area contributed by atoms with Crippen LogP contribution in [0.3, 0.4) is 0 Å². The Labute approximate surface area is 118 Å². The molecule has 4 rings (SSSR count). The van der Waals surface area contributed by atoms with Gasteiger partial charge >= 0.3 is 0 Å². The Bertz CT molecular complexity index is 567. The number of Topliss-reactive ketones (excluding diaryl/α,β-unsaturated/α-hetero) is 2. The maximum absolute atomic E-state index is 12.4. The first kappa shape index (κ1) is 11.8. The van der Waals surface area contributed by atoms with Crippen LogP contribution in [0.25, 0.3) is 0 Å². The lowest BCUT2D eigenvalue weighted by molar-refractivity contribution is -0.153. The van der Waals surface area contributed by atoms with Crippen molar-refractivity contribution in [1.82, 2.24) is 0 Å². The molecular formula is C14H11BrO4. The van der Waals surface area contributed by atoms with Crippen LogP contribution >= 0.6 is 15.9 Å². The molecule has 5 atom stereocenters. The van der Waals surface area contributed by atoms with E-state index in [0.717, 1.165) is 4.47 Å². The summed E-state index contributed by atoms with van der Waals surface area (Å²) in [6.45, 7) is 0.432. The maximum Gasteiger partial charge on any atom is 0.218 e. The highest BCUT2D eigenvalue weighted by Gasteiger charge is 2.68. The molecule has 1 aliphatic carbocycles. The van der Waals surface area contributed by atoms with E-state index in [1.54, 1.807) is 12.1 Å². The van der Waals surface area contributed by atoms with Gasteiger partial charge in [0.05, 0.1) is 12.7 Å². The van der Waals surface area contributed by atoms with E-state index in [4.69, 9.17) is 9.47 Å². The summed E-state index contributed by atoms with van der Waals surface area (Å²) in [6.07, 6.45) is -0.814. The topological polar surface area (TPSA) is 52.6 Å². The Hall–Kier alpha value is -1.04. The molecular weight excluding hydrogens is 312 g/mol. The van der Waals surface area contributed by atoms with Crippen LogP contribution in [0.15, 0.2) is 28.7 Å². The standard InChI is InChI=1S/C14H11BrO4/c15-7-3-1-6(2-4-7)12(16)10-9-8-5-18-14(19-8)13(17)11(9)10/h1-4,8-11,14H,5H2/t8-,9-,10+,11+,14+/m1/s1. The highest BCUT2D eigenvalue weighted by Crippen LogP contribution is 2.57. The van der Waals surface area contributed by atoms with Crippen LogP contribution in [0.2, 0.25) is 0 Å². The largest absolute Gasteiger partial charge is 0.343 e. The van der Waals surface area contributed by atoms with E-state index in [1.165, 1.54) is 0 Å². The first-order valence-electron chi connectivity index (χ1n) is 6.27. The quantitative estimate of drug-likeness (QED) is 0.779. The predicted octanol–water partition coefficient (Wildman–Crippen LogP) is 1.82. The number of carbonyl (C=O) groups excluding carboxylic acids is 2. The summed E-state index contributed by atoms with van der Waals surface area (Å²) >= 11 is 3.34. The number of hydrogen-bond acceptors (Lipinski definition) is 4. The fourth-order valence-electron chi connectivity index (χ4n) is 3.24. The van der Waals surface area contributed by atoms with Crippen LogP contribution < -0.4 is 0 Å². The molecule has 0 amide bonds. The van der Waals surface area contributed by atoms with E-state index < -0.39 is 6.29 Å². The summed E-state index contributed by atoms with van der Waals surface area (Å²) in [6, 6.07) is 7.26. The molecule has 2 aliphatic heterocycles. The molecule has 3 aliphatic rings. The zero-order chi connectivity index (χ0) is 13.1. The second kappa shape index (κ2) is 3.98. The van der Waals surface area contributed by atoms with Crippen molar-refractivity contribution in [1.29, 1.82) is 0 Å². The van der Waals surface area contributed by atoms with Crippen LogP contribution in [-0.2, 0) is 14.3 Å². The van der Waals surface area contributed by atoms with E-state index >= 15 is 0 Å². The van der Waals surface area contributed by atoms with Crippen molar-refractivity contribution >= 4 is 27.5 Å². The van der Waals surface area contributed by atoms with Crippen LogP contribution in [0.5, 0.6) is 0 Å². The van der Waals surface area contributed by atoms with Crippen molar-refractivity contribution in [3.8, 4) is 0 Å². The summed E-state index contributed by atoms with van der Waals surface area (Å²) < 4.78 is 11.7. The van der Waals surface area contributed by atoms with E-state index in [9.17, 15) is 9.59 Å². The number of carbonyl (C=O) groups is 2. The van der Waals surface area contributed by atoms with Crippen LogP contribution in [-0.4, -0.2) is 30.6 Å². The molecule has 5 heteroatoms. The summed E-state index contributed by atoms with van der Waals surface area (Å²) in [7, 11) is 0. The molecule has 98 valence electrons. The van der Waals surface area contributed by atoms with Gasteiger partial charge in [-0.05, 0) is 12.1 Å². The fourth-order valence-corrected chi connectivity index (χ4v) is 3.50. The molecule has 4 nitrogen and oxygen atoms in total. The third kappa shape index (κ3) is 1.65. The third-order valence-corrected chi connectivity index (χ3v) is 4.74. The van der Waals surface area contributed by atoms with Crippen LogP contribution in [0.4, 0.5) is 0 Å². The van der Waals surface area contributed by atoms with Gasteiger partial charge in [0.2, 0.25) is 6.29 Å². The lowest BCUT2D eigenvalue weighted by Crippen LogP contribution is -2.30. The minimum Gasteiger partial charge on any atom is -0.343 e. The Morgan fingerprint density at radius 3 is 2.74 bits per heavy atom. The minimum absolute atomic E-state index is 0.0161. The average molecular weight is 323 g/mol. The molecule has 0 radical (unpaired) electrons. The maximum atomic E-state index is 12.4. The number of ketones is 2. The summed E-state index contributed by atoms with van der Waals surface area (Å²) in [4.78, 5) is 24.5. The fraction of sp³-hybridized carbons (Fsp3) is 0.429. The Morgan fingerprint density at radius 2 is 2.00 bits per heavy atom. The first-order chi connectivity index (χ1) is 9.16. The second-order valence-corrected chi connectivity index (χ2v) is 6.16. The lowest BCUT2D eigenvalue weighted by atomic mass is 10.0. The number of halogens is 1. The van der Waals surface area contributed by atoms with Gasteiger partial charge in [-0.3, -0.25) is 9.59 Å². The highest BCUT2D eigenvalue weighted by molar-refractivity contribution is 9.10. The zero-order valence-corrected chi connectivity index (χ0v) is 11.5. The first-order valence-corrected chi connectivity index (χ1v) is 7.06. The normalized spacial score (nSPS) is 39.0. The molecule has 1 aromatic rings. The molecule has 2 saturated heterocycles. The number of rotatable bonds is 2. The van der Waals surface area contributed by atoms with Crippen molar-refractivity contribution in [3.63, 3.8) is 0 Å². The Balaban J connectivity index is 1.60. The van der Waals surface area contributed by atoms with E-state index in [0.29, 0.717) is 12.2 Å². The molecule has 3 fully saturated rings. The SMILES string of the molecule is O=C(c1ccc(Br)cc1)[C@@H]1[C@H]2C(=O)[C@H]3OC[C@@H](O3)[C@H]12. The van der Waals surface area contributed by atoms with Crippen molar-refractivity contribution < 1.29 is 19.1 Å². The Kier molecular flexibility index (Phi) is 2.46. The monoisotopic (exact) mass is 322 g/mol. The van der Waals surface area contributed by atoms with E-state index in [1.807, 2.05) is 12.1 Å². The zero-order valence-electron chi connectivity index (χ0n) is 9.91. The van der Waals surface area contributed by atoms with E-state index in [-0.39, 0.29) is 35.4 Å². The van der Waals surface area contributed by atoms with Gasteiger partial charge in [-0.25, -0.2) is 0 Å². The van der Waals surface area contributed by atoms with Gasteiger partial charge < -0.3 is 9.47 Å².